The van der Waals surface area contributed by atoms with Crippen LogP contribution in [0, 0.1) is 0 Å². The molecular formula is C12H16N4O. The van der Waals surface area contributed by atoms with Crippen LogP contribution in [0.15, 0.2) is 24.3 Å². The number of aromatic nitrogens is 3. The summed E-state index contributed by atoms with van der Waals surface area (Å²) >= 11 is 0. The maximum absolute atomic E-state index is 5.57. The lowest BCUT2D eigenvalue weighted by atomic mass is 10.2. The molecule has 0 aliphatic rings. The highest BCUT2D eigenvalue weighted by atomic mass is 16.5. The van der Waals surface area contributed by atoms with Gasteiger partial charge in [0.05, 0.1) is 13.2 Å². The van der Waals surface area contributed by atoms with Crippen LogP contribution in [0.2, 0.25) is 0 Å². The summed E-state index contributed by atoms with van der Waals surface area (Å²) in [6.45, 7) is 2.99. The van der Waals surface area contributed by atoms with Gasteiger partial charge in [0.1, 0.15) is 11.6 Å². The Morgan fingerprint density at radius 3 is 2.88 bits per heavy atom. The minimum atomic E-state index is 0.384. The number of hydrogen-bond acceptors (Lipinski definition) is 4. The van der Waals surface area contributed by atoms with E-state index in [-0.39, 0.29) is 0 Å². The summed E-state index contributed by atoms with van der Waals surface area (Å²) < 4.78 is 7.14. The average Bonchev–Trinajstić information content (AvgIpc) is 2.71. The van der Waals surface area contributed by atoms with Gasteiger partial charge in [0.2, 0.25) is 0 Å². The Balaban J connectivity index is 2.34. The number of benzene rings is 1. The molecule has 2 aromatic rings. The van der Waals surface area contributed by atoms with Crippen molar-refractivity contribution in [2.75, 3.05) is 6.61 Å². The van der Waals surface area contributed by atoms with Crippen molar-refractivity contribution in [2.45, 2.75) is 13.5 Å². The van der Waals surface area contributed by atoms with Gasteiger partial charge in [-0.2, -0.15) is 5.10 Å². The molecule has 0 saturated heterocycles. The highest BCUT2D eigenvalue weighted by molar-refractivity contribution is 5.57. The van der Waals surface area contributed by atoms with Crippen molar-refractivity contribution in [3.8, 4) is 17.1 Å². The highest BCUT2D eigenvalue weighted by Gasteiger charge is 2.08. The lowest BCUT2D eigenvalue weighted by molar-refractivity contribution is 0.340. The SMILES string of the molecule is CCOc1cccc(-c2nc(CN)n(C)n2)c1. The largest absolute Gasteiger partial charge is 0.494 e. The molecule has 0 spiro atoms. The van der Waals surface area contributed by atoms with Crippen molar-refractivity contribution in [3.05, 3.63) is 30.1 Å². The van der Waals surface area contributed by atoms with Gasteiger partial charge in [-0.3, -0.25) is 4.68 Å². The summed E-state index contributed by atoms with van der Waals surface area (Å²) in [5.74, 6) is 2.27. The fourth-order valence-electron chi connectivity index (χ4n) is 1.61. The molecule has 0 saturated carbocycles. The van der Waals surface area contributed by atoms with Crippen LogP contribution in [0.1, 0.15) is 12.7 Å². The first-order valence-electron chi connectivity index (χ1n) is 5.57. The van der Waals surface area contributed by atoms with E-state index in [4.69, 9.17) is 10.5 Å². The van der Waals surface area contributed by atoms with Crippen LogP contribution < -0.4 is 10.5 Å². The quantitative estimate of drug-likeness (QED) is 0.863. The maximum atomic E-state index is 5.57. The van der Waals surface area contributed by atoms with E-state index in [2.05, 4.69) is 10.1 Å². The van der Waals surface area contributed by atoms with Crippen LogP contribution in [0.3, 0.4) is 0 Å². The third kappa shape index (κ3) is 2.45. The summed E-state index contributed by atoms with van der Waals surface area (Å²) in [5.41, 5.74) is 6.51. The molecular weight excluding hydrogens is 216 g/mol. The molecule has 0 amide bonds. The zero-order chi connectivity index (χ0) is 12.3. The smallest absolute Gasteiger partial charge is 0.181 e. The van der Waals surface area contributed by atoms with E-state index in [1.807, 2.05) is 38.2 Å². The first kappa shape index (κ1) is 11.6. The van der Waals surface area contributed by atoms with Crippen LogP contribution in [0.4, 0.5) is 0 Å². The first-order chi connectivity index (χ1) is 8.24. The van der Waals surface area contributed by atoms with Crippen LogP contribution >= 0.6 is 0 Å². The molecule has 0 atom stereocenters. The minimum Gasteiger partial charge on any atom is -0.494 e. The van der Waals surface area contributed by atoms with E-state index in [1.54, 1.807) is 4.68 Å². The molecule has 5 heteroatoms. The summed E-state index contributed by atoms with van der Waals surface area (Å²) in [7, 11) is 1.84. The van der Waals surface area contributed by atoms with Gasteiger partial charge in [0, 0.05) is 12.6 Å². The molecule has 2 rings (SSSR count). The second kappa shape index (κ2) is 4.97. The van der Waals surface area contributed by atoms with Gasteiger partial charge in [-0.25, -0.2) is 4.98 Å². The predicted molar refractivity (Wildman–Crippen MR) is 65.5 cm³/mol. The van der Waals surface area contributed by atoms with E-state index in [0.29, 0.717) is 19.0 Å². The number of ether oxygens (including phenoxy) is 1. The summed E-state index contributed by atoms with van der Waals surface area (Å²) in [6, 6.07) is 7.73. The lowest BCUT2D eigenvalue weighted by Gasteiger charge is -2.03. The summed E-state index contributed by atoms with van der Waals surface area (Å²) in [6.07, 6.45) is 0. The monoisotopic (exact) mass is 232 g/mol. The molecule has 90 valence electrons. The van der Waals surface area contributed by atoms with Gasteiger partial charge in [-0.1, -0.05) is 12.1 Å². The van der Waals surface area contributed by atoms with Crippen LogP contribution in [0.5, 0.6) is 5.75 Å². The van der Waals surface area contributed by atoms with Gasteiger partial charge < -0.3 is 10.5 Å². The number of nitrogens with two attached hydrogens (primary N) is 1. The van der Waals surface area contributed by atoms with Crippen molar-refractivity contribution in [2.24, 2.45) is 12.8 Å². The molecule has 0 fully saturated rings. The molecule has 0 radical (unpaired) electrons. The Hall–Kier alpha value is -1.88. The Kier molecular flexibility index (Phi) is 3.39. The summed E-state index contributed by atoms with van der Waals surface area (Å²) in [4.78, 5) is 4.37. The third-order valence-corrected chi connectivity index (χ3v) is 2.44. The van der Waals surface area contributed by atoms with Gasteiger partial charge in [-0.05, 0) is 19.1 Å². The zero-order valence-electron chi connectivity index (χ0n) is 10.1. The molecule has 1 aromatic heterocycles. The Bertz CT molecular complexity index is 507. The standard InChI is InChI=1S/C12H16N4O/c1-3-17-10-6-4-5-9(7-10)12-14-11(8-13)16(2)15-12/h4-7H,3,8,13H2,1-2H3. The molecule has 1 heterocycles. The van der Waals surface area contributed by atoms with E-state index < -0.39 is 0 Å². The Labute approximate surface area is 100 Å². The summed E-state index contributed by atoms with van der Waals surface area (Å²) in [5, 5.41) is 4.32. The van der Waals surface area contributed by atoms with E-state index in [0.717, 1.165) is 17.1 Å². The van der Waals surface area contributed by atoms with Crippen molar-refractivity contribution < 1.29 is 4.74 Å². The second-order valence-electron chi connectivity index (χ2n) is 3.64. The van der Waals surface area contributed by atoms with Crippen molar-refractivity contribution in [1.29, 1.82) is 0 Å². The van der Waals surface area contributed by atoms with E-state index >= 15 is 0 Å². The predicted octanol–water partition coefficient (Wildman–Crippen LogP) is 1.34. The fraction of sp³-hybridized carbons (Fsp3) is 0.333. The normalized spacial score (nSPS) is 10.5. The fourth-order valence-corrected chi connectivity index (χ4v) is 1.61. The number of rotatable bonds is 4. The highest BCUT2D eigenvalue weighted by Crippen LogP contribution is 2.21. The molecule has 2 N–H and O–H groups in total. The Morgan fingerprint density at radius 1 is 1.41 bits per heavy atom. The third-order valence-electron chi connectivity index (χ3n) is 2.44. The van der Waals surface area contributed by atoms with Crippen LogP contribution in [-0.4, -0.2) is 21.4 Å². The maximum Gasteiger partial charge on any atom is 0.181 e. The van der Waals surface area contributed by atoms with Crippen LogP contribution in [-0.2, 0) is 13.6 Å². The van der Waals surface area contributed by atoms with Gasteiger partial charge in [0.25, 0.3) is 0 Å². The van der Waals surface area contributed by atoms with Crippen molar-refractivity contribution in [3.63, 3.8) is 0 Å². The number of nitrogens with zero attached hydrogens (tertiary/aromatic N) is 3. The van der Waals surface area contributed by atoms with E-state index in [9.17, 15) is 0 Å². The molecule has 0 unspecified atom stereocenters. The minimum absolute atomic E-state index is 0.384. The van der Waals surface area contributed by atoms with Gasteiger partial charge in [0.15, 0.2) is 5.82 Å². The molecule has 0 bridgehead atoms. The molecule has 17 heavy (non-hydrogen) atoms. The first-order valence-corrected chi connectivity index (χ1v) is 5.57. The molecule has 5 nitrogen and oxygen atoms in total. The Morgan fingerprint density at radius 2 is 2.24 bits per heavy atom. The van der Waals surface area contributed by atoms with Crippen molar-refractivity contribution >= 4 is 0 Å². The molecule has 0 aliphatic heterocycles. The number of hydrogen-bond donors (Lipinski definition) is 1. The van der Waals surface area contributed by atoms with Crippen LogP contribution in [0.25, 0.3) is 11.4 Å². The van der Waals surface area contributed by atoms with Gasteiger partial charge >= 0.3 is 0 Å². The molecule has 0 aliphatic carbocycles. The lowest BCUT2D eigenvalue weighted by Crippen LogP contribution is -2.05. The zero-order valence-corrected chi connectivity index (χ0v) is 10.1. The van der Waals surface area contributed by atoms with E-state index in [1.165, 1.54) is 0 Å². The second-order valence-corrected chi connectivity index (χ2v) is 3.64. The van der Waals surface area contributed by atoms with Crippen molar-refractivity contribution in [1.82, 2.24) is 14.8 Å². The molecule has 1 aromatic carbocycles. The van der Waals surface area contributed by atoms with Gasteiger partial charge in [-0.15, -0.1) is 0 Å². The number of aryl methyl sites for hydroxylation is 1. The topological polar surface area (TPSA) is 66.0 Å². The average molecular weight is 232 g/mol.